The van der Waals surface area contributed by atoms with Crippen LogP contribution in [0.15, 0.2) is 24.4 Å². The van der Waals surface area contributed by atoms with E-state index in [0.717, 1.165) is 0 Å². The molecule has 0 atom stereocenters. The molecule has 1 aromatic carbocycles. The Morgan fingerprint density at radius 3 is 2.65 bits per heavy atom. The number of hydrogen-bond donors (Lipinski definition) is 0. The summed E-state index contributed by atoms with van der Waals surface area (Å²) in [6.45, 7) is 0.389. The van der Waals surface area contributed by atoms with Crippen molar-refractivity contribution in [1.82, 2.24) is 9.97 Å². The van der Waals surface area contributed by atoms with Crippen LogP contribution in [0.1, 0.15) is 16.1 Å². The Morgan fingerprint density at radius 1 is 1.22 bits per heavy atom. The molecule has 120 valence electrons. The Bertz CT molecular complexity index is 761. The number of nitrogens with zero attached hydrogens (tertiary/aromatic N) is 4. The monoisotopic (exact) mass is 314 g/mol. The highest BCUT2D eigenvalue weighted by Crippen LogP contribution is 2.36. The first-order valence-electron chi connectivity index (χ1n) is 7.12. The number of anilines is 2. The standard InChI is InChI=1S/C16H18N4O3/c1-19(2)16-17-8-11-12(18-16)9-20(15(11)21)13-6-5-10(22-3)7-14(13)23-4/h5-8H,9H2,1-4H3. The van der Waals surface area contributed by atoms with Crippen LogP contribution in [-0.2, 0) is 6.54 Å². The first kappa shape index (κ1) is 15.1. The summed E-state index contributed by atoms with van der Waals surface area (Å²) in [6.07, 6.45) is 1.58. The molecule has 7 nitrogen and oxygen atoms in total. The number of fused-ring (bicyclic) bond motifs is 1. The maximum absolute atomic E-state index is 12.6. The molecule has 1 aliphatic rings. The second kappa shape index (κ2) is 5.75. The number of methoxy groups -OCH3 is 2. The van der Waals surface area contributed by atoms with Crippen molar-refractivity contribution >= 4 is 17.5 Å². The average Bonchev–Trinajstić information content (AvgIpc) is 2.90. The fraction of sp³-hybridized carbons (Fsp3) is 0.312. The summed E-state index contributed by atoms with van der Waals surface area (Å²) in [7, 11) is 6.88. The van der Waals surface area contributed by atoms with Crippen LogP contribution in [0.4, 0.5) is 11.6 Å². The van der Waals surface area contributed by atoms with Crippen molar-refractivity contribution < 1.29 is 14.3 Å². The van der Waals surface area contributed by atoms with E-state index in [1.165, 1.54) is 0 Å². The lowest BCUT2D eigenvalue weighted by Crippen LogP contribution is -2.23. The highest BCUT2D eigenvalue weighted by molar-refractivity contribution is 6.10. The molecule has 3 rings (SSSR count). The van der Waals surface area contributed by atoms with E-state index in [1.807, 2.05) is 20.2 Å². The van der Waals surface area contributed by atoms with Crippen LogP contribution in [0.5, 0.6) is 11.5 Å². The average molecular weight is 314 g/mol. The van der Waals surface area contributed by atoms with Crippen LogP contribution in [0, 0.1) is 0 Å². The number of benzene rings is 1. The van der Waals surface area contributed by atoms with Crippen LogP contribution in [0.25, 0.3) is 0 Å². The Balaban J connectivity index is 1.99. The molecule has 0 fully saturated rings. The maximum atomic E-state index is 12.6. The maximum Gasteiger partial charge on any atom is 0.262 e. The van der Waals surface area contributed by atoms with Crippen molar-refractivity contribution in [2.45, 2.75) is 6.54 Å². The van der Waals surface area contributed by atoms with E-state index in [-0.39, 0.29) is 5.91 Å². The molecule has 2 heterocycles. The van der Waals surface area contributed by atoms with Gasteiger partial charge in [-0.2, -0.15) is 0 Å². The van der Waals surface area contributed by atoms with E-state index in [4.69, 9.17) is 9.47 Å². The van der Waals surface area contributed by atoms with Gasteiger partial charge in [0.25, 0.3) is 5.91 Å². The number of carbonyl (C=O) groups excluding carboxylic acids is 1. The van der Waals surface area contributed by atoms with Gasteiger partial charge in [-0.1, -0.05) is 0 Å². The Morgan fingerprint density at radius 2 is 2.00 bits per heavy atom. The van der Waals surface area contributed by atoms with Gasteiger partial charge in [-0.3, -0.25) is 9.69 Å². The van der Waals surface area contributed by atoms with Crippen molar-refractivity contribution in [2.75, 3.05) is 38.1 Å². The number of ether oxygens (including phenoxy) is 2. The molecule has 0 bridgehead atoms. The Labute approximate surface area is 134 Å². The quantitative estimate of drug-likeness (QED) is 0.856. The molecule has 0 spiro atoms. The smallest absolute Gasteiger partial charge is 0.262 e. The zero-order valence-electron chi connectivity index (χ0n) is 13.5. The lowest BCUT2D eigenvalue weighted by molar-refractivity contribution is 0.0995. The number of carbonyl (C=O) groups is 1. The lowest BCUT2D eigenvalue weighted by Gasteiger charge is -2.19. The number of aromatic nitrogens is 2. The topological polar surface area (TPSA) is 67.8 Å². The molecular formula is C16H18N4O3. The van der Waals surface area contributed by atoms with E-state index in [2.05, 4.69) is 9.97 Å². The Hall–Kier alpha value is -2.83. The third-order valence-corrected chi connectivity index (χ3v) is 3.72. The summed E-state index contributed by atoms with van der Waals surface area (Å²) in [5, 5.41) is 0. The minimum atomic E-state index is -0.131. The molecule has 23 heavy (non-hydrogen) atoms. The van der Waals surface area contributed by atoms with E-state index < -0.39 is 0 Å². The minimum absolute atomic E-state index is 0.131. The van der Waals surface area contributed by atoms with Gasteiger partial charge in [-0.25, -0.2) is 9.97 Å². The highest BCUT2D eigenvalue weighted by atomic mass is 16.5. The van der Waals surface area contributed by atoms with Crippen LogP contribution in [0.2, 0.25) is 0 Å². The molecule has 0 radical (unpaired) electrons. The van der Waals surface area contributed by atoms with Gasteiger partial charge in [-0.05, 0) is 12.1 Å². The van der Waals surface area contributed by atoms with Gasteiger partial charge in [0.15, 0.2) is 0 Å². The van der Waals surface area contributed by atoms with Crippen molar-refractivity contribution in [1.29, 1.82) is 0 Å². The molecule has 1 aliphatic heterocycles. The summed E-state index contributed by atoms with van der Waals surface area (Å²) >= 11 is 0. The van der Waals surface area contributed by atoms with E-state index >= 15 is 0 Å². The molecule has 2 aromatic rings. The fourth-order valence-electron chi connectivity index (χ4n) is 2.49. The third-order valence-electron chi connectivity index (χ3n) is 3.72. The van der Waals surface area contributed by atoms with Crippen LogP contribution in [0.3, 0.4) is 0 Å². The Kier molecular flexibility index (Phi) is 3.77. The molecule has 7 heteroatoms. The largest absolute Gasteiger partial charge is 0.497 e. The zero-order valence-corrected chi connectivity index (χ0v) is 13.5. The van der Waals surface area contributed by atoms with Gasteiger partial charge in [0.1, 0.15) is 11.5 Å². The molecule has 0 saturated carbocycles. The van der Waals surface area contributed by atoms with Crippen molar-refractivity contribution in [3.63, 3.8) is 0 Å². The molecule has 0 saturated heterocycles. The summed E-state index contributed by atoms with van der Waals surface area (Å²) in [6, 6.07) is 5.36. The van der Waals surface area contributed by atoms with E-state index in [1.54, 1.807) is 42.3 Å². The summed E-state index contributed by atoms with van der Waals surface area (Å²) in [5.41, 5.74) is 1.92. The zero-order chi connectivity index (χ0) is 16.6. The second-order valence-corrected chi connectivity index (χ2v) is 5.35. The van der Waals surface area contributed by atoms with Crippen LogP contribution < -0.4 is 19.3 Å². The minimum Gasteiger partial charge on any atom is -0.497 e. The molecule has 0 aliphatic carbocycles. The van der Waals surface area contributed by atoms with Gasteiger partial charge in [0, 0.05) is 26.4 Å². The second-order valence-electron chi connectivity index (χ2n) is 5.35. The van der Waals surface area contributed by atoms with Gasteiger partial charge >= 0.3 is 0 Å². The normalized spacial score (nSPS) is 13.0. The van der Waals surface area contributed by atoms with Gasteiger partial charge in [0.2, 0.25) is 5.95 Å². The molecule has 0 N–H and O–H groups in total. The molecule has 0 unspecified atom stereocenters. The predicted molar refractivity (Wildman–Crippen MR) is 86.4 cm³/mol. The predicted octanol–water partition coefficient (Wildman–Crippen LogP) is 1.72. The number of rotatable bonds is 4. The van der Waals surface area contributed by atoms with Crippen molar-refractivity contribution in [3.8, 4) is 11.5 Å². The van der Waals surface area contributed by atoms with E-state index in [0.29, 0.717) is 40.9 Å². The molecule has 1 aromatic heterocycles. The summed E-state index contributed by atoms with van der Waals surface area (Å²) in [4.78, 5) is 24.8. The highest BCUT2D eigenvalue weighted by Gasteiger charge is 2.32. The lowest BCUT2D eigenvalue weighted by atomic mass is 10.2. The first-order valence-corrected chi connectivity index (χ1v) is 7.12. The van der Waals surface area contributed by atoms with Gasteiger partial charge in [0.05, 0.1) is 37.7 Å². The van der Waals surface area contributed by atoms with Crippen LogP contribution >= 0.6 is 0 Å². The van der Waals surface area contributed by atoms with Crippen LogP contribution in [-0.4, -0.2) is 44.2 Å². The van der Waals surface area contributed by atoms with Gasteiger partial charge < -0.3 is 14.4 Å². The summed E-state index contributed by atoms with van der Waals surface area (Å²) < 4.78 is 10.6. The SMILES string of the molecule is COc1ccc(N2Cc3nc(N(C)C)ncc3C2=O)c(OC)c1. The van der Waals surface area contributed by atoms with Crippen molar-refractivity contribution in [2.24, 2.45) is 0 Å². The van der Waals surface area contributed by atoms with Crippen molar-refractivity contribution in [3.05, 3.63) is 35.7 Å². The third kappa shape index (κ3) is 2.54. The van der Waals surface area contributed by atoms with Gasteiger partial charge in [-0.15, -0.1) is 0 Å². The number of hydrogen-bond acceptors (Lipinski definition) is 6. The van der Waals surface area contributed by atoms with E-state index in [9.17, 15) is 4.79 Å². The number of amides is 1. The fourth-order valence-corrected chi connectivity index (χ4v) is 2.49. The molecular weight excluding hydrogens is 296 g/mol. The summed E-state index contributed by atoms with van der Waals surface area (Å²) in [5.74, 6) is 1.70. The first-order chi connectivity index (χ1) is 11.0. The molecule has 1 amide bonds.